The second-order valence-corrected chi connectivity index (χ2v) is 4.87. The lowest BCUT2D eigenvalue weighted by molar-refractivity contribution is 0.192. The van der Waals surface area contributed by atoms with Crippen molar-refractivity contribution < 1.29 is 9.26 Å². The van der Waals surface area contributed by atoms with Crippen LogP contribution < -0.4 is 0 Å². The highest BCUT2D eigenvalue weighted by Crippen LogP contribution is 2.29. The molecule has 94 valence electrons. The van der Waals surface area contributed by atoms with E-state index in [0.717, 1.165) is 29.4 Å². The Labute approximate surface area is 109 Å². The van der Waals surface area contributed by atoms with Crippen molar-refractivity contribution in [3.63, 3.8) is 0 Å². The quantitative estimate of drug-likeness (QED) is 0.792. The first kappa shape index (κ1) is 11.7. The lowest BCUT2D eigenvalue weighted by atomic mass is 10.1. The molecular weight excluding hydrogens is 250 g/mol. The highest BCUT2D eigenvalue weighted by Gasteiger charge is 2.24. The van der Waals surface area contributed by atoms with E-state index in [2.05, 4.69) is 15.1 Å². The highest BCUT2D eigenvalue weighted by atomic mass is 32.2. The fourth-order valence-electron chi connectivity index (χ4n) is 1.96. The minimum absolute atomic E-state index is 0.261. The SMILES string of the molecule is CSc1ncccc1-c1nc([C@H]2CCOC2)no1. The van der Waals surface area contributed by atoms with Crippen LogP contribution in [0.3, 0.4) is 0 Å². The Balaban J connectivity index is 1.92. The van der Waals surface area contributed by atoms with Crippen LogP contribution in [0, 0.1) is 0 Å². The molecule has 5 nitrogen and oxygen atoms in total. The van der Waals surface area contributed by atoms with E-state index in [0.29, 0.717) is 12.5 Å². The maximum atomic E-state index is 5.34. The Bertz CT molecular complexity index is 538. The Morgan fingerprint density at radius 2 is 2.39 bits per heavy atom. The van der Waals surface area contributed by atoms with Crippen molar-refractivity contribution in [3.8, 4) is 11.5 Å². The summed E-state index contributed by atoms with van der Waals surface area (Å²) in [5.74, 6) is 1.53. The zero-order valence-corrected chi connectivity index (χ0v) is 10.8. The summed E-state index contributed by atoms with van der Waals surface area (Å²) >= 11 is 1.57. The van der Waals surface area contributed by atoms with E-state index in [9.17, 15) is 0 Å². The van der Waals surface area contributed by atoms with Crippen molar-refractivity contribution in [1.82, 2.24) is 15.1 Å². The molecule has 2 aromatic heterocycles. The number of aromatic nitrogens is 3. The summed E-state index contributed by atoms with van der Waals surface area (Å²) in [4.78, 5) is 8.75. The van der Waals surface area contributed by atoms with E-state index in [1.807, 2.05) is 18.4 Å². The van der Waals surface area contributed by atoms with Crippen LogP contribution in [-0.2, 0) is 4.74 Å². The standard InChI is InChI=1S/C12H13N3O2S/c1-18-12-9(3-2-5-13-12)11-14-10(15-17-11)8-4-6-16-7-8/h2-3,5,8H,4,6-7H2,1H3/t8-/m0/s1. The van der Waals surface area contributed by atoms with Crippen LogP contribution >= 0.6 is 11.8 Å². The van der Waals surface area contributed by atoms with Crippen LogP contribution in [0.25, 0.3) is 11.5 Å². The Morgan fingerprint density at radius 1 is 1.44 bits per heavy atom. The smallest absolute Gasteiger partial charge is 0.260 e. The van der Waals surface area contributed by atoms with Gasteiger partial charge in [0.25, 0.3) is 5.89 Å². The molecule has 0 radical (unpaired) electrons. The summed E-state index contributed by atoms with van der Waals surface area (Å²) in [6.07, 6.45) is 4.70. The topological polar surface area (TPSA) is 61.0 Å². The Morgan fingerprint density at radius 3 is 3.17 bits per heavy atom. The molecule has 0 N–H and O–H groups in total. The molecule has 1 aliphatic rings. The molecule has 2 aromatic rings. The number of thioether (sulfide) groups is 1. The number of nitrogens with zero attached hydrogens (tertiary/aromatic N) is 3. The minimum atomic E-state index is 0.261. The first-order chi connectivity index (χ1) is 8.88. The maximum absolute atomic E-state index is 5.34. The van der Waals surface area contributed by atoms with E-state index >= 15 is 0 Å². The van der Waals surface area contributed by atoms with Gasteiger partial charge in [0.1, 0.15) is 5.03 Å². The number of ether oxygens (including phenoxy) is 1. The fraction of sp³-hybridized carbons (Fsp3) is 0.417. The lowest BCUT2D eigenvalue weighted by Gasteiger charge is -2.00. The normalized spacial score (nSPS) is 19.3. The molecule has 1 atom stereocenters. The van der Waals surface area contributed by atoms with Crippen LogP contribution in [-0.4, -0.2) is 34.6 Å². The van der Waals surface area contributed by atoms with Gasteiger partial charge in [0.2, 0.25) is 0 Å². The average Bonchev–Trinajstić information content (AvgIpc) is 3.09. The van der Waals surface area contributed by atoms with Crippen LogP contribution in [0.15, 0.2) is 27.9 Å². The largest absolute Gasteiger partial charge is 0.381 e. The lowest BCUT2D eigenvalue weighted by Crippen LogP contribution is -1.99. The van der Waals surface area contributed by atoms with Gasteiger partial charge in [0.05, 0.1) is 12.2 Å². The van der Waals surface area contributed by atoms with Crippen molar-refractivity contribution in [2.45, 2.75) is 17.4 Å². The monoisotopic (exact) mass is 263 g/mol. The van der Waals surface area contributed by atoms with Gasteiger partial charge in [-0.3, -0.25) is 0 Å². The molecule has 0 unspecified atom stereocenters. The predicted octanol–water partition coefficient (Wildman–Crippen LogP) is 2.36. The molecule has 0 aromatic carbocycles. The van der Waals surface area contributed by atoms with Crippen LogP contribution in [0.5, 0.6) is 0 Å². The summed E-state index contributed by atoms with van der Waals surface area (Å²) in [6.45, 7) is 1.46. The molecule has 3 rings (SSSR count). The third-order valence-electron chi connectivity index (χ3n) is 2.93. The van der Waals surface area contributed by atoms with Crippen molar-refractivity contribution >= 4 is 11.8 Å². The van der Waals surface area contributed by atoms with Gasteiger partial charge >= 0.3 is 0 Å². The maximum Gasteiger partial charge on any atom is 0.260 e. The fourth-order valence-corrected chi connectivity index (χ4v) is 2.51. The van der Waals surface area contributed by atoms with Gasteiger partial charge in [-0.05, 0) is 24.8 Å². The Hall–Kier alpha value is -1.40. The van der Waals surface area contributed by atoms with Crippen molar-refractivity contribution in [2.24, 2.45) is 0 Å². The first-order valence-electron chi connectivity index (χ1n) is 5.79. The van der Waals surface area contributed by atoms with Crippen molar-refractivity contribution in [3.05, 3.63) is 24.2 Å². The van der Waals surface area contributed by atoms with Gasteiger partial charge in [-0.25, -0.2) is 4.98 Å². The van der Waals surface area contributed by atoms with E-state index in [1.165, 1.54) is 0 Å². The summed E-state index contributed by atoms with van der Waals surface area (Å²) < 4.78 is 10.7. The zero-order chi connectivity index (χ0) is 12.4. The molecule has 0 saturated carbocycles. The van der Waals surface area contributed by atoms with Crippen molar-refractivity contribution in [2.75, 3.05) is 19.5 Å². The van der Waals surface area contributed by atoms with Gasteiger partial charge < -0.3 is 9.26 Å². The number of hydrogen-bond donors (Lipinski definition) is 0. The molecule has 1 aliphatic heterocycles. The number of pyridine rings is 1. The van der Waals surface area contributed by atoms with Gasteiger partial charge in [0.15, 0.2) is 5.82 Å². The van der Waals surface area contributed by atoms with E-state index in [1.54, 1.807) is 18.0 Å². The van der Waals surface area contributed by atoms with Gasteiger partial charge in [-0.2, -0.15) is 4.98 Å². The third-order valence-corrected chi connectivity index (χ3v) is 3.64. The molecule has 0 spiro atoms. The summed E-state index contributed by atoms with van der Waals surface area (Å²) in [5.41, 5.74) is 0.891. The van der Waals surface area contributed by atoms with E-state index < -0.39 is 0 Å². The molecule has 3 heterocycles. The summed E-state index contributed by atoms with van der Waals surface area (Å²) in [7, 11) is 0. The molecule has 0 amide bonds. The number of hydrogen-bond acceptors (Lipinski definition) is 6. The molecule has 0 bridgehead atoms. The van der Waals surface area contributed by atoms with Crippen LogP contribution in [0.4, 0.5) is 0 Å². The molecular formula is C12H13N3O2S. The summed E-state index contributed by atoms with van der Waals surface area (Å²) in [6, 6.07) is 3.82. The summed E-state index contributed by atoms with van der Waals surface area (Å²) in [5, 5.41) is 4.95. The molecule has 1 saturated heterocycles. The molecule has 18 heavy (non-hydrogen) atoms. The first-order valence-corrected chi connectivity index (χ1v) is 7.01. The highest BCUT2D eigenvalue weighted by molar-refractivity contribution is 7.98. The zero-order valence-electron chi connectivity index (χ0n) is 10.00. The van der Waals surface area contributed by atoms with Gasteiger partial charge in [-0.15, -0.1) is 11.8 Å². The minimum Gasteiger partial charge on any atom is -0.381 e. The second kappa shape index (κ2) is 5.07. The van der Waals surface area contributed by atoms with Crippen LogP contribution in [0.1, 0.15) is 18.2 Å². The molecule has 1 fully saturated rings. The van der Waals surface area contributed by atoms with E-state index in [-0.39, 0.29) is 5.92 Å². The van der Waals surface area contributed by atoms with Crippen LogP contribution in [0.2, 0.25) is 0 Å². The van der Waals surface area contributed by atoms with E-state index in [4.69, 9.17) is 9.26 Å². The third kappa shape index (κ3) is 2.13. The predicted molar refractivity (Wildman–Crippen MR) is 67.5 cm³/mol. The molecule has 0 aliphatic carbocycles. The molecule has 6 heteroatoms. The number of rotatable bonds is 3. The van der Waals surface area contributed by atoms with Crippen molar-refractivity contribution in [1.29, 1.82) is 0 Å². The van der Waals surface area contributed by atoms with Gasteiger partial charge in [0, 0.05) is 18.7 Å². The Kier molecular flexibility index (Phi) is 3.29. The van der Waals surface area contributed by atoms with Gasteiger partial charge in [-0.1, -0.05) is 5.16 Å². The average molecular weight is 263 g/mol. The second-order valence-electron chi connectivity index (χ2n) is 4.08.